The van der Waals surface area contributed by atoms with Gasteiger partial charge in [0.15, 0.2) is 0 Å². The molecule has 1 aromatic heterocycles. The van der Waals surface area contributed by atoms with Crippen molar-refractivity contribution < 1.29 is 13.2 Å². The highest BCUT2D eigenvalue weighted by Crippen LogP contribution is 2.22. The molecule has 0 amide bonds. The molecular weight excluding hydrogens is 366 g/mol. The third-order valence-electron chi connectivity index (χ3n) is 4.85. The summed E-state index contributed by atoms with van der Waals surface area (Å²) in [7, 11) is -1.84. The van der Waals surface area contributed by atoms with E-state index in [2.05, 4.69) is 14.9 Å². The Morgan fingerprint density at radius 2 is 2.04 bits per heavy atom. The Morgan fingerprint density at radius 1 is 1.30 bits per heavy atom. The minimum absolute atomic E-state index is 0.0515. The number of nitrogens with zero attached hydrogens (tertiary/aromatic N) is 3. The first-order valence-corrected chi connectivity index (χ1v) is 10.3. The van der Waals surface area contributed by atoms with Crippen LogP contribution in [0.5, 0.6) is 0 Å². The van der Waals surface area contributed by atoms with E-state index in [4.69, 9.17) is 10.5 Å². The lowest BCUT2D eigenvalue weighted by Crippen LogP contribution is -2.50. The highest BCUT2D eigenvalue weighted by molar-refractivity contribution is 7.91. The van der Waals surface area contributed by atoms with E-state index in [-0.39, 0.29) is 21.7 Å². The quantitative estimate of drug-likeness (QED) is 0.750. The third-order valence-corrected chi connectivity index (χ3v) is 6.69. The number of ether oxygens (including phenoxy) is 1. The molecule has 8 nitrogen and oxygen atoms in total. The SMILES string of the molecule is C[C@@H]1CN(C2=c3[nH]c(N)c(S(=O)(=O)c4ccccc4)c3=NCN2C)CCO1. The first-order valence-electron chi connectivity index (χ1n) is 8.83. The van der Waals surface area contributed by atoms with E-state index in [1.807, 2.05) is 18.9 Å². The van der Waals surface area contributed by atoms with Crippen LogP contribution in [0.2, 0.25) is 0 Å². The standard InChI is InChI=1S/C18H23N5O3S/c1-12-10-23(8-9-26-12)18-15-14(20-11-22(18)2)16(17(19)21-15)27(24,25)13-6-4-3-5-7-13/h3-7,12,21H,8-11,19H2,1-2H3/t12-/m1/s1. The Kier molecular flexibility index (Phi) is 4.35. The van der Waals surface area contributed by atoms with Gasteiger partial charge in [-0.2, -0.15) is 0 Å². The molecule has 3 N–H and O–H groups in total. The number of hydrogen-bond acceptors (Lipinski definition) is 7. The Balaban J connectivity index is 1.94. The summed E-state index contributed by atoms with van der Waals surface area (Å²) in [5.74, 6) is 1.01. The smallest absolute Gasteiger partial charge is 0.212 e. The van der Waals surface area contributed by atoms with Crippen LogP contribution in [-0.4, -0.2) is 62.7 Å². The van der Waals surface area contributed by atoms with Gasteiger partial charge in [-0.05, 0) is 19.1 Å². The fourth-order valence-electron chi connectivity index (χ4n) is 3.64. The largest absolute Gasteiger partial charge is 0.384 e. The summed E-state index contributed by atoms with van der Waals surface area (Å²) < 4.78 is 32.0. The molecule has 1 saturated heterocycles. The first-order chi connectivity index (χ1) is 12.9. The van der Waals surface area contributed by atoms with Gasteiger partial charge in [0.05, 0.1) is 17.6 Å². The van der Waals surface area contributed by atoms with Gasteiger partial charge < -0.3 is 25.3 Å². The molecule has 0 spiro atoms. The second-order valence-electron chi connectivity index (χ2n) is 6.86. The zero-order chi connectivity index (χ0) is 19.2. The Bertz CT molecular complexity index is 1080. The van der Waals surface area contributed by atoms with Crippen molar-refractivity contribution in [1.82, 2.24) is 14.8 Å². The molecule has 4 rings (SSSR count). The van der Waals surface area contributed by atoms with E-state index in [0.717, 1.165) is 18.9 Å². The fourth-order valence-corrected chi connectivity index (χ4v) is 5.15. The predicted molar refractivity (Wildman–Crippen MR) is 101 cm³/mol. The van der Waals surface area contributed by atoms with E-state index < -0.39 is 9.84 Å². The lowest BCUT2D eigenvalue weighted by atomic mass is 10.3. The molecule has 0 bridgehead atoms. The predicted octanol–water partition coefficient (Wildman–Crippen LogP) is -0.261. The number of hydrogen-bond donors (Lipinski definition) is 2. The fraction of sp³-hybridized carbons (Fsp3) is 0.389. The zero-order valence-corrected chi connectivity index (χ0v) is 16.2. The summed E-state index contributed by atoms with van der Waals surface area (Å²) in [5.41, 5.74) is 6.14. The molecule has 2 aromatic rings. The molecule has 3 heterocycles. The first kappa shape index (κ1) is 17.9. The molecule has 1 aromatic carbocycles. The van der Waals surface area contributed by atoms with Gasteiger partial charge in [0, 0.05) is 20.1 Å². The number of sulfone groups is 1. The van der Waals surface area contributed by atoms with Crippen molar-refractivity contribution >= 4 is 21.5 Å². The van der Waals surface area contributed by atoms with Gasteiger partial charge in [0.1, 0.15) is 33.9 Å². The minimum atomic E-state index is -3.78. The van der Waals surface area contributed by atoms with Crippen molar-refractivity contribution in [2.45, 2.75) is 22.8 Å². The van der Waals surface area contributed by atoms with Gasteiger partial charge in [0.2, 0.25) is 9.84 Å². The van der Waals surface area contributed by atoms with E-state index in [1.54, 1.807) is 30.3 Å². The number of fused-ring (bicyclic) bond motifs is 1. The highest BCUT2D eigenvalue weighted by atomic mass is 32.2. The molecule has 0 aliphatic carbocycles. The molecule has 144 valence electrons. The number of nitrogen functional groups attached to an aromatic ring is 1. The number of morpholine rings is 1. The van der Waals surface area contributed by atoms with Crippen LogP contribution < -0.4 is 16.4 Å². The molecule has 2 aliphatic heterocycles. The summed E-state index contributed by atoms with van der Waals surface area (Å²) in [6.45, 7) is 4.45. The summed E-state index contributed by atoms with van der Waals surface area (Å²) in [6.07, 6.45) is 0.0989. The van der Waals surface area contributed by atoms with Gasteiger partial charge in [0.25, 0.3) is 0 Å². The molecular formula is C18H23N5O3S. The van der Waals surface area contributed by atoms with Crippen LogP contribution in [0, 0.1) is 0 Å². The van der Waals surface area contributed by atoms with E-state index in [1.165, 1.54) is 0 Å². The molecule has 9 heteroatoms. The normalized spacial score (nSPS) is 20.4. The van der Waals surface area contributed by atoms with Gasteiger partial charge in [-0.1, -0.05) is 18.2 Å². The number of anilines is 1. The van der Waals surface area contributed by atoms with Crippen LogP contribution >= 0.6 is 0 Å². The maximum Gasteiger partial charge on any atom is 0.212 e. The monoisotopic (exact) mass is 389 g/mol. The Morgan fingerprint density at radius 3 is 2.74 bits per heavy atom. The maximum absolute atomic E-state index is 13.2. The second-order valence-corrected chi connectivity index (χ2v) is 8.74. The number of aromatic nitrogens is 1. The van der Waals surface area contributed by atoms with E-state index >= 15 is 0 Å². The minimum Gasteiger partial charge on any atom is -0.384 e. The second kappa shape index (κ2) is 6.58. The van der Waals surface area contributed by atoms with E-state index in [9.17, 15) is 8.42 Å². The van der Waals surface area contributed by atoms with Crippen LogP contribution in [0.15, 0.2) is 45.1 Å². The van der Waals surface area contributed by atoms with Crippen molar-refractivity contribution in [3.05, 3.63) is 41.0 Å². The highest BCUT2D eigenvalue weighted by Gasteiger charge is 2.30. The topological polar surface area (TPSA) is 104 Å². The van der Waals surface area contributed by atoms with Gasteiger partial charge >= 0.3 is 0 Å². The van der Waals surface area contributed by atoms with Crippen molar-refractivity contribution in [2.24, 2.45) is 4.99 Å². The van der Waals surface area contributed by atoms with Gasteiger partial charge in [-0.15, -0.1) is 0 Å². The molecule has 27 heavy (non-hydrogen) atoms. The number of rotatable bonds is 3. The van der Waals surface area contributed by atoms with Crippen molar-refractivity contribution in [3.63, 3.8) is 0 Å². The van der Waals surface area contributed by atoms with Crippen LogP contribution in [0.1, 0.15) is 6.92 Å². The zero-order valence-electron chi connectivity index (χ0n) is 15.3. The number of H-pyrrole nitrogens is 1. The summed E-state index contributed by atoms with van der Waals surface area (Å²) in [4.78, 5) is 12.0. The summed E-state index contributed by atoms with van der Waals surface area (Å²) >= 11 is 0. The maximum atomic E-state index is 13.2. The van der Waals surface area contributed by atoms with Crippen LogP contribution in [0.25, 0.3) is 5.82 Å². The average molecular weight is 389 g/mol. The Hall–Kier alpha value is -2.52. The molecule has 0 unspecified atom stereocenters. The molecule has 1 fully saturated rings. The van der Waals surface area contributed by atoms with Crippen LogP contribution in [-0.2, 0) is 14.6 Å². The number of aromatic amines is 1. The molecule has 0 saturated carbocycles. The van der Waals surface area contributed by atoms with Crippen LogP contribution in [0.4, 0.5) is 5.82 Å². The summed E-state index contributed by atoms with van der Waals surface area (Å²) in [6, 6.07) is 8.30. The number of nitrogens with one attached hydrogen (secondary N) is 1. The van der Waals surface area contributed by atoms with Gasteiger partial charge in [-0.25, -0.2) is 8.42 Å². The molecule has 0 radical (unpaired) electrons. The average Bonchev–Trinajstić information content (AvgIpc) is 2.98. The molecule has 1 atom stereocenters. The van der Waals surface area contributed by atoms with Crippen molar-refractivity contribution in [3.8, 4) is 0 Å². The van der Waals surface area contributed by atoms with Crippen LogP contribution in [0.3, 0.4) is 0 Å². The lowest BCUT2D eigenvalue weighted by Gasteiger charge is -2.38. The third kappa shape index (κ3) is 2.96. The van der Waals surface area contributed by atoms with Crippen molar-refractivity contribution in [1.29, 1.82) is 0 Å². The number of nitrogens with two attached hydrogens (primary N) is 1. The van der Waals surface area contributed by atoms with E-state index in [0.29, 0.717) is 24.0 Å². The Labute approximate surface area is 157 Å². The molecule has 2 aliphatic rings. The van der Waals surface area contributed by atoms with Crippen molar-refractivity contribution in [2.75, 3.05) is 39.1 Å². The summed E-state index contributed by atoms with van der Waals surface area (Å²) in [5, 5.41) is 1.05. The number of benzene rings is 1. The lowest BCUT2D eigenvalue weighted by molar-refractivity contribution is -0.00358. The van der Waals surface area contributed by atoms with Gasteiger partial charge in [-0.3, -0.25) is 4.99 Å².